The van der Waals surface area contributed by atoms with Gasteiger partial charge in [-0.2, -0.15) is 0 Å². The van der Waals surface area contributed by atoms with E-state index in [1.165, 1.54) is 5.56 Å². The SMILES string of the molecule is O=C(CCc1nc2ccccc2c(=O)[nH]1)N1CCCC1Cc1ccccc1. The molecule has 0 bridgehead atoms. The van der Waals surface area contributed by atoms with Crippen molar-refractivity contribution in [1.82, 2.24) is 14.9 Å². The molecule has 0 radical (unpaired) electrons. The lowest BCUT2D eigenvalue weighted by Gasteiger charge is -2.25. The molecule has 4 rings (SSSR count). The maximum atomic E-state index is 12.8. The summed E-state index contributed by atoms with van der Waals surface area (Å²) >= 11 is 0. The van der Waals surface area contributed by atoms with E-state index < -0.39 is 0 Å². The molecule has 138 valence electrons. The van der Waals surface area contributed by atoms with Gasteiger partial charge in [0.2, 0.25) is 5.91 Å². The van der Waals surface area contributed by atoms with Crippen LogP contribution in [0.1, 0.15) is 30.7 Å². The standard InChI is InChI=1S/C22H23N3O2/c26-21(25-14-6-9-17(25)15-16-7-2-1-3-8-16)13-12-20-23-19-11-5-4-10-18(19)22(27)24-20/h1-5,7-8,10-11,17H,6,9,12-15H2,(H,23,24,27). The van der Waals surface area contributed by atoms with Crippen LogP contribution in [0, 0.1) is 0 Å². The van der Waals surface area contributed by atoms with E-state index in [0.717, 1.165) is 25.8 Å². The number of nitrogens with one attached hydrogen (secondary N) is 1. The predicted octanol–water partition coefficient (Wildman–Crippen LogP) is 3.09. The third-order valence-corrected chi connectivity index (χ3v) is 5.25. The Kier molecular flexibility index (Phi) is 5.01. The van der Waals surface area contributed by atoms with Crippen molar-refractivity contribution in [3.63, 3.8) is 0 Å². The monoisotopic (exact) mass is 361 g/mol. The van der Waals surface area contributed by atoms with Crippen LogP contribution >= 0.6 is 0 Å². The summed E-state index contributed by atoms with van der Waals surface area (Å²) in [7, 11) is 0. The number of hydrogen-bond donors (Lipinski definition) is 1. The smallest absolute Gasteiger partial charge is 0.258 e. The summed E-state index contributed by atoms with van der Waals surface area (Å²) in [5, 5.41) is 0.579. The number of aromatic nitrogens is 2. The minimum absolute atomic E-state index is 0.143. The number of aryl methyl sites for hydroxylation is 1. The zero-order valence-electron chi connectivity index (χ0n) is 15.2. The minimum atomic E-state index is -0.147. The molecule has 1 aliphatic rings. The number of para-hydroxylation sites is 1. The van der Waals surface area contributed by atoms with Gasteiger partial charge in [-0.25, -0.2) is 4.98 Å². The summed E-state index contributed by atoms with van der Waals surface area (Å²) < 4.78 is 0. The van der Waals surface area contributed by atoms with E-state index >= 15 is 0 Å². The average molecular weight is 361 g/mol. The molecule has 1 aromatic heterocycles. The molecule has 1 atom stereocenters. The number of rotatable bonds is 5. The molecule has 2 heterocycles. The van der Waals surface area contributed by atoms with Gasteiger partial charge in [0.05, 0.1) is 10.9 Å². The second kappa shape index (κ2) is 7.74. The summed E-state index contributed by atoms with van der Waals surface area (Å²) in [6, 6.07) is 17.9. The number of carbonyl (C=O) groups is 1. The lowest BCUT2D eigenvalue weighted by Crippen LogP contribution is -2.37. The minimum Gasteiger partial charge on any atom is -0.339 e. The van der Waals surface area contributed by atoms with Crippen LogP contribution in [0.2, 0.25) is 0 Å². The number of carbonyl (C=O) groups excluding carboxylic acids is 1. The first-order valence-corrected chi connectivity index (χ1v) is 9.52. The topological polar surface area (TPSA) is 66.1 Å². The molecular weight excluding hydrogens is 338 g/mol. The Balaban J connectivity index is 1.42. The van der Waals surface area contributed by atoms with Gasteiger partial charge in [-0.15, -0.1) is 0 Å². The molecule has 2 aromatic carbocycles. The molecule has 1 unspecified atom stereocenters. The first-order chi connectivity index (χ1) is 13.2. The fourth-order valence-electron chi connectivity index (χ4n) is 3.88. The van der Waals surface area contributed by atoms with Crippen molar-refractivity contribution in [2.24, 2.45) is 0 Å². The lowest BCUT2D eigenvalue weighted by atomic mass is 10.0. The highest BCUT2D eigenvalue weighted by molar-refractivity contribution is 5.78. The normalized spacial score (nSPS) is 16.7. The van der Waals surface area contributed by atoms with Crippen molar-refractivity contribution in [3.8, 4) is 0 Å². The molecule has 0 aliphatic carbocycles. The second-order valence-corrected chi connectivity index (χ2v) is 7.10. The fraction of sp³-hybridized carbons (Fsp3) is 0.318. The number of benzene rings is 2. The molecule has 0 spiro atoms. The van der Waals surface area contributed by atoms with Crippen molar-refractivity contribution in [2.45, 2.75) is 38.1 Å². The van der Waals surface area contributed by atoms with Crippen molar-refractivity contribution >= 4 is 16.8 Å². The third-order valence-electron chi connectivity index (χ3n) is 5.25. The van der Waals surface area contributed by atoms with Crippen LogP contribution in [0.4, 0.5) is 0 Å². The molecule has 3 aromatic rings. The Bertz CT molecular complexity index is 997. The largest absolute Gasteiger partial charge is 0.339 e. The Hall–Kier alpha value is -2.95. The van der Waals surface area contributed by atoms with Gasteiger partial charge in [0.25, 0.3) is 5.56 Å². The molecule has 27 heavy (non-hydrogen) atoms. The Labute approximate surface area is 158 Å². The van der Waals surface area contributed by atoms with Crippen LogP contribution in [-0.4, -0.2) is 33.4 Å². The third kappa shape index (κ3) is 3.92. The zero-order valence-corrected chi connectivity index (χ0v) is 15.2. The summed E-state index contributed by atoms with van der Waals surface area (Å²) in [5.74, 6) is 0.718. The number of fused-ring (bicyclic) bond motifs is 1. The van der Waals surface area contributed by atoms with Crippen molar-refractivity contribution in [2.75, 3.05) is 6.54 Å². The average Bonchev–Trinajstić information content (AvgIpc) is 3.15. The van der Waals surface area contributed by atoms with Gasteiger partial charge in [0, 0.05) is 25.4 Å². The molecule has 1 N–H and O–H groups in total. The van der Waals surface area contributed by atoms with Crippen LogP contribution in [0.15, 0.2) is 59.4 Å². The van der Waals surface area contributed by atoms with Crippen LogP contribution < -0.4 is 5.56 Å². The van der Waals surface area contributed by atoms with Gasteiger partial charge in [-0.05, 0) is 37.0 Å². The Morgan fingerprint density at radius 3 is 2.74 bits per heavy atom. The van der Waals surface area contributed by atoms with Crippen LogP contribution in [0.3, 0.4) is 0 Å². The quantitative estimate of drug-likeness (QED) is 0.759. The van der Waals surface area contributed by atoms with Gasteiger partial charge in [0.1, 0.15) is 5.82 Å². The highest BCUT2D eigenvalue weighted by Gasteiger charge is 2.28. The predicted molar refractivity (Wildman–Crippen MR) is 106 cm³/mol. The first kappa shape index (κ1) is 17.5. The van der Waals surface area contributed by atoms with E-state index in [0.29, 0.717) is 29.6 Å². The lowest BCUT2D eigenvalue weighted by molar-refractivity contribution is -0.131. The van der Waals surface area contributed by atoms with Crippen molar-refractivity contribution in [3.05, 3.63) is 76.3 Å². The molecule has 5 heteroatoms. The van der Waals surface area contributed by atoms with Gasteiger partial charge < -0.3 is 9.88 Å². The van der Waals surface area contributed by atoms with E-state index in [1.54, 1.807) is 6.07 Å². The number of aromatic amines is 1. The van der Waals surface area contributed by atoms with Crippen LogP contribution in [-0.2, 0) is 17.6 Å². The molecule has 5 nitrogen and oxygen atoms in total. The molecule has 1 saturated heterocycles. The summed E-state index contributed by atoms with van der Waals surface area (Å²) in [6.07, 6.45) is 3.82. The Morgan fingerprint density at radius 1 is 1.11 bits per heavy atom. The first-order valence-electron chi connectivity index (χ1n) is 9.52. The van der Waals surface area contributed by atoms with Gasteiger partial charge in [0.15, 0.2) is 0 Å². The van der Waals surface area contributed by atoms with Gasteiger partial charge in [-0.1, -0.05) is 42.5 Å². The maximum Gasteiger partial charge on any atom is 0.258 e. The van der Waals surface area contributed by atoms with E-state index in [1.807, 2.05) is 41.3 Å². The number of likely N-dealkylation sites (tertiary alicyclic amines) is 1. The summed E-state index contributed by atoms with van der Waals surface area (Å²) in [5.41, 5.74) is 1.79. The summed E-state index contributed by atoms with van der Waals surface area (Å²) in [4.78, 5) is 34.2. The van der Waals surface area contributed by atoms with Crippen LogP contribution in [0.5, 0.6) is 0 Å². The zero-order chi connectivity index (χ0) is 18.6. The fourth-order valence-corrected chi connectivity index (χ4v) is 3.88. The van der Waals surface area contributed by atoms with Crippen molar-refractivity contribution < 1.29 is 4.79 Å². The number of nitrogens with zero attached hydrogens (tertiary/aromatic N) is 2. The number of H-pyrrole nitrogens is 1. The molecule has 1 aliphatic heterocycles. The van der Waals surface area contributed by atoms with E-state index in [-0.39, 0.29) is 17.5 Å². The van der Waals surface area contributed by atoms with Crippen molar-refractivity contribution in [1.29, 1.82) is 0 Å². The van der Waals surface area contributed by atoms with Gasteiger partial charge >= 0.3 is 0 Å². The highest BCUT2D eigenvalue weighted by atomic mass is 16.2. The number of hydrogen-bond acceptors (Lipinski definition) is 3. The van der Waals surface area contributed by atoms with Gasteiger partial charge in [-0.3, -0.25) is 9.59 Å². The highest BCUT2D eigenvalue weighted by Crippen LogP contribution is 2.22. The molecular formula is C22H23N3O2. The maximum absolute atomic E-state index is 12.8. The Morgan fingerprint density at radius 2 is 1.89 bits per heavy atom. The second-order valence-electron chi connectivity index (χ2n) is 7.10. The molecule has 0 saturated carbocycles. The van der Waals surface area contributed by atoms with E-state index in [2.05, 4.69) is 22.1 Å². The molecule has 1 fully saturated rings. The summed E-state index contributed by atoms with van der Waals surface area (Å²) in [6.45, 7) is 0.817. The molecule has 1 amide bonds. The number of amides is 1. The van der Waals surface area contributed by atoms with E-state index in [4.69, 9.17) is 0 Å². The van der Waals surface area contributed by atoms with Crippen LogP contribution in [0.25, 0.3) is 10.9 Å². The van der Waals surface area contributed by atoms with E-state index in [9.17, 15) is 9.59 Å².